The molecular weight excluding hydrogens is 428 g/mol. The first-order chi connectivity index (χ1) is 16.0. The number of aromatic nitrogens is 5. The van der Waals surface area contributed by atoms with E-state index < -0.39 is 6.10 Å². The summed E-state index contributed by atoms with van der Waals surface area (Å²) in [5, 5.41) is 22.9. The Hall–Kier alpha value is -4.19. The predicted octanol–water partition coefficient (Wildman–Crippen LogP) is 1.22. The van der Waals surface area contributed by atoms with Crippen LogP contribution in [-0.4, -0.2) is 54.4 Å². The summed E-state index contributed by atoms with van der Waals surface area (Å²) >= 11 is 0. The Labute approximate surface area is 187 Å². The van der Waals surface area contributed by atoms with E-state index in [2.05, 4.69) is 31.0 Å². The van der Waals surface area contributed by atoms with Crippen molar-refractivity contribution in [2.45, 2.75) is 31.9 Å². The molecule has 4 aromatic heterocycles. The first kappa shape index (κ1) is 20.7. The Morgan fingerprint density at radius 3 is 2.85 bits per heavy atom. The molecule has 170 valence electrons. The molecule has 5 rings (SSSR count). The van der Waals surface area contributed by atoms with Crippen LogP contribution in [0.1, 0.15) is 28.9 Å². The number of rotatable bonds is 6. The molecule has 1 amide bonds. The van der Waals surface area contributed by atoms with Gasteiger partial charge in [0.1, 0.15) is 28.6 Å². The average molecular weight is 450 g/mol. The standard InChI is InChI=1S/C21H22N8O4/c1-11-21(33-10-23-11)28-7-3-4-14(20(28)32)25-16-8-17(22-2)29-18(27-16)12(9-24-29)19(31)26-13-5-6-15(13)30/h3-4,7-10,13,15,22,30H,5-6H2,1-2H3,(H,25,27)(H,26,31)/t13-,15+/m0/s1. The number of nitrogens with one attached hydrogen (secondary N) is 3. The maximum atomic E-state index is 13.0. The summed E-state index contributed by atoms with van der Waals surface area (Å²) in [6, 6.07) is 4.72. The lowest BCUT2D eigenvalue weighted by molar-refractivity contribution is 0.0448. The third-order valence-electron chi connectivity index (χ3n) is 5.68. The molecule has 12 nitrogen and oxygen atoms in total. The van der Waals surface area contributed by atoms with Crippen molar-refractivity contribution in [2.24, 2.45) is 0 Å². The van der Waals surface area contributed by atoms with E-state index in [4.69, 9.17) is 4.42 Å². The summed E-state index contributed by atoms with van der Waals surface area (Å²) in [5.74, 6) is 0.862. The fraction of sp³-hybridized carbons (Fsp3) is 0.286. The molecule has 0 radical (unpaired) electrons. The quantitative estimate of drug-likeness (QED) is 0.340. The van der Waals surface area contributed by atoms with Gasteiger partial charge in [-0.2, -0.15) is 9.61 Å². The van der Waals surface area contributed by atoms with Gasteiger partial charge < -0.3 is 25.5 Å². The second-order valence-electron chi connectivity index (χ2n) is 7.76. The molecule has 1 fully saturated rings. The van der Waals surface area contributed by atoms with Gasteiger partial charge in [-0.3, -0.25) is 14.2 Å². The topological polar surface area (TPSA) is 152 Å². The molecule has 0 saturated heterocycles. The van der Waals surface area contributed by atoms with E-state index in [1.54, 1.807) is 38.4 Å². The fourth-order valence-electron chi connectivity index (χ4n) is 3.68. The van der Waals surface area contributed by atoms with E-state index in [0.717, 1.165) is 6.42 Å². The zero-order valence-electron chi connectivity index (χ0n) is 17.9. The van der Waals surface area contributed by atoms with Crippen molar-refractivity contribution in [1.29, 1.82) is 0 Å². The number of carbonyl (C=O) groups excluding carboxylic acids is 1. The number of oxazole rings is 1. The number of amides is 1. The summed E-state index contributed by atoms with van der Waals surface area (Å²) in [5.41, 5.74) is 1.05. The molecule has 4 aromatic rings. The Kier molecular flexibility index (Phi) is 5.05. The van der Waals surface area contributed by atoms with Crippen LogP contribution in [0.2, 0.25) is 0 Å². The van der Waals surface area contributed by atoms with E-state index in [9.17, 15) is 14.7 Å². The van der Waals surface area contributed by atoms with Gasteiger partial charge in [0.2, 0.25) is 5.88 Å². The fourth-order valence-corrected chi connectivity index (χ4v) is 3.68. The number of pyridine rings is 1. The van der Waals surface area contributed by atoms with Gasteiger partial charge in [0.25, 0.3) is 11.5 Å². The molecule has 0 aliphatic heterocycles. The van der Waals surface area contributed by atoms with Crippen molar-refractivity contribution in [1.82, 2.24) is 29.5 Å². The molecular formula is C21H22N8O4. The Morgan fingerprint density at radius 2 is 2.18 bits per heavy atom. The van der Waals surface area contributed by atoms with Crippen LogP contribution in [0.5, 0.6) is 0 Å². The number of aliphatic hydroxyl groups is 1. The van der Waals surface area contributed by atoms with Crippen LogP contribution in [0.15, 0.2) is 46.2 Å². The number of fused-ring (bicyclic) bond motifs is 1. The zero-order valence-corrected chi connectivity index (χ0v) is 17.9. The third kappa shape index (κ3) is 3.59. The van der Waals surface area contributed by atoms with Crippen LogP contribution < -0.4 is 21.5 Å². The molecule has 4 N–H and O–H groups in total. The smallest absolute Gasteiger partial charge is 0.281 e. The molecule has 0 bridgehead atoms. The molecule has 4 heterocycles. The molecule has 12 heteroatoms. The number of hydrogen-bond acceptors (Lipinski definition) is 9. The van der Waals surface area contributed by atoms with Gasteiger partial charge in [0.05, 0.1) is 18.3 Å². The van der Waals surface area contributed by atoms with E-state index >= 15 is 0 Å². The van der Waals surface area contributed by atoms with Crippen LogP contribution in [-0.2, 0) is 0 Å². The van der Waals surface area contributed by atoms with Gasteiger partial charge in [0, 0.05) is 19.3 Å². The lowest BCUT2D eigenvalue weighted by atomic mass is 9.89. The SMILES string of the molecule is CNc1cc(Nc2cccn(-c3ocnc3C)c2=O)nc2c(C(=O)N[C@H]3CC[C@H]3O)cnn12. The lowest BCUT2D eigenvalue weighted by Crippen LogP contribution is -2.50. The normalized spacial score (nSPS) is 17.5. The number of aryl methyl sites for hydroxylation is 1. The molecule has 0 spiro atoms. The van der Waals surface area contributed by atoms with Crippen molar-refractivity contribution in [3.63, 3.8) is 0 Å². The number of carbonyl (C=O) groups is 1. The monoisotopic (exact) mass is 450 g/mol. The first-order valence-corrected chi connectivity index (χ1v) is 10.4. The lowest BCUT2D eigenvalue weighted by Gasteiger charge is -2.32. The summed E-state index contributed by atoms with van der Waals surface area (Å²) in [4.78, 5) is 34.3. The average Bonchev–Trinajstić information content (AvgIpc) is 3.43. The van der Waals surface area contributed by atoms with Crippen molar-refractivity contribution in [2.75, 3.05) is 17.7 Å². The molecule has 1 aliphatic rings. The summed E-state index contributed by atoms with van der Waals surface area (Å²) in [7, 11) is 1.72. The van der Waals surface area contributed by atoms with Gasteiger partial charge in [-0.1, -0.05) is 0 Å². The largest absolute Gasteiger partial charge is 0.427 e. The highest BCUT2D eigenvalue weighted by atomic mass is 16.4. The Bertz CT molecular complexity index is 1410. The minimum atomic E-state index is -0.540. The highest BCUT2D eigenvalue weighted by Crippen LogP contribution is 2.23. The maximum absolute atomic E-state index is 13.0. The Morgan fingerprint density at radius 1 is 1.33 bits per heavy atom. The van der Waals surface area contributed by atoms with E-state index in [-0.39, 0.29) is 28.8 Å². The van der Waals surface area contributed by atoms with Gasteiger partial charge in [0.15, 0.2) is 12.0 Å². The van der Waals surface area contributed by atoms with Crippen LogP contribution in [0, 0.1) is 6.92 Å². The molecule has 1 aliphatic carbocycles. The summed E-state index contributed by atoms with van der Waals surface area (Å²) in [6.07, 6.45) is 5.14. The van der Waals surface area contributed by atoms with Crippen molar-refractivity contribution >= 4 is 28.9 Å². The third-order valence-corrected chi connectivity index (χ3v) is 5.68. The summed E-state index contributed by atoms with van der Waals surface area (Å²) in [6.45, 7) is 1.74. The Balaban J connectivity index is 1.51. The van der Waals surface area contributed by atoms with Gasteiger partial charge >= 0.3 is 0 Å². The molecule has 2 atom stereocenters. The predicted molar refractivity (Wildman–Crippen MR) is 119 cm³/mol. The molecule has 0 aromatic carbocycles. The summed E-state index contributed by atoms with van der Waals surface area (Å²) < 4.78 is 8.19. The molecule has 0 unspecified atom stereocenters. The van der Waals surface area contributed by atoms with E-state index in [1.807, 2.05) is 0 Å². The highest BCUT2D eigenvalue weighted by Gasteiger charge is 2.31. The van der Waals surface area contributed by atoms with Gasteiger partial charge in [-0.25, -0.2) is 9.97 Å². The van der Waals surface area contributed by atoms with Gasteiger partial charge in [-0.15, -0.1) is 0 Å². The van der Waals surface area contributed by atoms with E-state index in [1.165, 1.54) is 21.7 Å². The van der Waals surface area contributed by atoms with Crippen LogP contribution in [0.3, 0.4) is 0 Å². The van der Waals surface area contributed by atoms with Crippen molar-refractivity contribution in [3.8, 4) is 5.88 Å². The number of anilines is 3. The zero-order chi connectivity index (χ0) is 23.1. The molecule has 1 saturated carbocycles. The van der Waals surface area contributed by atoms with E-state index in [0.29, 0.717) is 35.3 Å². The number of hydrogen-bond donors (Lipinski definition) is 4. The second kappa shape index (κ2) is 8.06. The minimum Gasteiger partial charge on any atom is -0.427 e. The molecule has 33 heavy (non-hydrogen) atoms. The second-order valence-corrected chi connectivity index (χ2v) is 7.76. The van der Waals surface area contributed by atoms with Crippen LogP contribution >= 0.6 is 0 Å². The van der Waals surface area contributed by atoms with Crippen molar-refractivity contribution in [3.05, 3.63) is 58.6 Å². The number of aliphatic hydroxyl groups excluding tert-OH is 1. The maximum Gasteiger partial charge on any atom is 0.281 e. The van der Waals surface area contributed by atoms with Crippen LogP contribution in [0.4, 0.5) is 17.3 Å². The number of nitrogens with zero attached hydrogens (tertiary/aromatic N) is 5. The van der Waals surface area contributed by atoms with Crippen LogP contribution in [0.25, 0.3) is 11.5 Å². The van der Waals surface area contributed by atoms with Crippen molar-refractivity contribution < 1.29 is 14.3 Å². The van der Waals surface area contributed by atoms with Gasteiger partial charge in [-0.05, 0) is 31.9 Å². The minimum absolute atomic E-state index is 0.260. The first-order valence-electron chi connectivity index (χ1n) is 10.4. The highest BCUT2D eigenvalue weighted by molar-refractivity contribution is 6.00.